The van der Waals surface area contributed by atoms with Crippen LogP contribution in [0.4, 0.5) is 5.69 Å². The summed E-state index contributed by atoms with van der Waals surface area (Å²) in [6, 6.07) is 18.8. The summed E-state index contributed by atoms with van der Waals surface area (Å²) in [5.41, 5.74) is 2.54. The van der Waals surface area contributed by atoms with Crippen molar-refractivity contribution in [2.24, 2.45) is 0 Å². The Labute approximate surface area is 189 Å². The predicted molar refractivity (Wildman–Crippen MR) is 123 cm³/mol. The molecule has 32 heavy (non-hydrogen) atoms. The highest BCUT2D eigenvalue weighted by Crippen LogP contribution is 2.28. The largest absolute Gasteiger partial charge is 0.497 e. The van der Waals surface area contributed by atoms with Crippen LogP contribution < -0.4 is 15.4 Å². The van der Waals surface area contributed by atoms with Gasteiger partial charge in [-0.05, 0) is 59.7 Å². The lowest BCUT2D eigenvalue weighted by atomic mass is 9.93. The van der Waals surface area contributed by atoms with Crippen molar-refractivity contribution in [1.82, 2.24) is 5.32 Å². The van der Waals surface area contributed by atoms with Crippen LogP contribution >= 0.6 is 11.6 Å². The van der Waals surface area contributed by atoms with Crippen molar-refractivity contribution in [3.8, 4) is 5.75 Å². The first-order chi connectivity index (χ1) is 15.4. The number of halogens is 1. The smallest absolute Gasteiger partial charge is 0.259 e. The zero-order chi connectivity index (χ0) is 22.7. The summed E-state index contributed by atoms with van der Waals surface area (Å²) in [5.74, 6) is -0.521. The fourth-order valence-electron chi connectivity index (χ4n) is 3.30. The second kappa shape index (κ2) is 9.08. The summed E-state index contributed by atoms with van der Waals surface area (Å²) in [6.45, 7) is 0.326. The molecule has 0 saturated heterocycles. The zero-order valence-electron chi connectivity index (χ0n) is 17.1. The summed E-state index contributed by atoms with van der Waals surface area (Å²) >= 11 is 5.89. The van der Waals surface area contributed by atoms with Crippen LogP contribution in [0.25, 0.3) is 6.08 Å². The van der Waals surface area contributed by atoms with Crippen molar-refractivity contribution in [3.63, 3.8) is 0 Å². The second-order valence-corrected chi connectivity index (χ2v) is 7.62. The van der Waals surface area contributed by atoms with Gasteiger partial charge in [0.1, 0.15) is 5.75 Å². The lowest BCUT2D eigenvalue weighted by Crippen LogP contribution is -2.28. The molecule has 2 N–H and O–H groups in total. The number of Topliss-reactive ketones (excluding diaryl/α,β-unsaturated/α-hetero) is 1. The Morgan fingerprint density at radius 3 is 2.44 bits per heavy atom. The number of hydrogen-bond donors (Lipinski definition) is 2. The van der Waals surface area contributed by atoms with Crippen molar-refractivity contribution >= 4 is 41.0 Å². The Hall–Kier alpha value is -3.90. The number of hydrogen-bond acceptors (Lipinski definition) is 4. The first-order valence-corrected chi connectivity index (χ1v) is 10.2. The van der Waals surface area contributed by atoms with E-state index in [2.05, 4.69) is 10.6 Å². The number of carbonyl (C=O) groups excluding carboxylic acids is 3. The third kappa shape index (κ3) is 4.55. The maximum atomic E-state index is 13.0. The van der Waals surface area contributed by atoms with Gasteiger partial charge in [0.25, 0.3) is 11.8 Å². The van der Waals surface area contributed by atoms with E-state index in [1.54, 1.807) is 43.5 Å². The van der Waals surface area contributed by atoms with Crippen molar-refractivity contribution in [2.75, 3.05) is 12.4 Å². The third-order valence-electron chi connectivity index (χ3n) is 5.06. The number of nitrogens with one attached hydrogen (secondary N) is 2. The standard InChI is InChI=1S/C25H19ClN2O4/c1-32-19-9-4-16(5-10-19)14-27-24(30)17-6-11-22-20(13-17)23(29)21(25(31)28-22)12-15-2-7-18(26)8-3-15/h2-13H,14H2,1H3,(H,27,30)(H,28,31)/b21-12-. The molecule has 2 amide bonds. The maximum absolute atomic E-state index is 13.0. The molecule has 3 aromatic rings. The molecule has 0 bridgehead atoms. The Morgan fingerprint density at radius 1 is 1.03 bits per heavy atom. The van der Waals surface area contributed by atoms with Gasteiger partial charge in [0, 0.05) is 22.7 Å². The van der Waals surface area contributed by atoms with Gasteiger partial charge in [-0.25, -0.2) is 0 Å². The average Bonchev–Trinajstić information content (AvgIpc) is 2.81. The average molecular weight is 447 g/mol. The van der Waals surface area contributed by atoms with Gasteiger partial charge in [0.05, 0.1) is 18.4 Å². The third-order valence-corrected chi connectivity index (χ3v) is 5.31. The molecule has 4 rings (SSSR count). The number of ketones is 1. The van der Waals surface area contributed by atoms with Crippen LogP contribution in [-0.4, -0.2) is 24.7 Å². The maximum Gasteiger partial charge on any atom is 0.259 e. The molecular formula is C25H19ClN2O4. The van der Waals surface area contributed by atoms with Crippen molar-refractivity contribution < 1.29 is 19.1 Å². The molecule has 1 aliphatic rings. The van der Waals surface area contributed by atoms with E-state index in [-0.39, 0.29) is 17.0 Å². The number of rotatable bonds is 5. The van der Waals surface area contributed by atoms with Gasteiger partial charge in [-0.1, -0.05) is 35.9 Å². The summed E-state index contributed by atoms with van der Waals surface area (Å²) in [4.78, 5) is 38.1. The molecule has 0 fully saturated rings. The zero-order valence-corrected chi connectivity index (χ0v) is 17.9. The number of ether oxygens (including phenoxy) is 1. The molecule has 0 unspecified atom stereocenters. The van der Waals surface area contributed by atoms with E-state index in [0.29, 0.717) is 28.4 Å². The monoisotopic (exact) mass is 446 g/mol. The summed E-state index contributed by atoms with van der Waals surface area (Å²) in [7, 11) is 1.59. The molecule has 6 nitrogen and oxygen atoms in total. The minimum Gasteiger partial charge on any atom is -0.497 e. The van der Waals surface area contributed by atoms with E-state index in [0.717, 1.165) is 11.3 Å². The predicted octanol–water partition coefficient (Wildman–Crippen LogP) is 4.50. The number of fused-ring (bicyclic) bond motifs is 1. The second-order valence-electron chi connectivity index (χ2n) is 7.18. The van der Waals surface area contributed by atoms with Crippen molar-refractivity contribution in [2.45, 2.75) is 6.54 Å². The minimum absolute atomic E-state index is 0.00406. The van der Waals surface area contributed by atoms with Crippen LogP contribution in [0.2, 0.25) is 5.02 Å². The van der Waals surface area contributed by atoms with E-state index in [4.69, 9.17) is 16.3 Å². The number of benzene rings is 3. The Bertz CT molecular complexity index is 1230. The van der Waals surface area contributed by atoms with E-state index < -0.39 is 11.7 Å². The Balaban J connectivity index is 1.53. The van der Waals surface area contributed by atoms with E-state index in [9.17, 15) is 14.4 Å². The number of carbonyl (C=O) groups is 3. The molecule has 0 saturated carbocycles. The van der Waals surface area contributed by atoms with E-state index in [1.807, 2.05) is 24.3 Å². The molecular weight excluding hydrogens is 428 g/mol. The SMILES string of the molecule is COc1ccc(CNC(=O)c2ccc3c(c2)C(=O)/C(=C/c2ccc(Cl)cc2)C(=O)N3)cc1. The van der Waals surface area contributed by atoms with Gasteiger partial charge >= 0.3 is 0 Å². The fraction of sp³-hybridized carbons (Fsp3) is 0.0800. The van der Waals surface area contributed by atoms with Gasteiger partial charge in [-0.3, -0.25) is 14.4 Å². The van der Waals surface area contributed by atoms with Crippen LogP contribution in [0.1, 0.15) is 31.8 Å². The van der Waals surface area contributed by atoms with Crippen LogP contribution in [0.15, 0.2) is 72.3 Å². The molecule has 3 aromatic carbocycles. The van der Waals surface area contributed by atoms with E-state index >= 15 is 0 Å². The molecule has 0 radical (unpaired) electrons. The topological polar surface area (TPSA) is 84.5 Å². The van der Waals surface area contributed by atoms with Gasteiger partial charge in [0.15, 0.2) is 0 Å². The lowest BCUT2D eigenvalue weighted by molar-refractivity contribution is -0.112. The number of methoxy groups -OCH3 is 1. The van der Waals surface area contributed by atoms with Gasteiger partial charge in [-0.2, -0.15) is 0 Å². The minimum atomic E-state index is -0.492. The molecule has 0 spiro atoms. The molecule has 7 heteroatoms. The lowest BCUT2D eigenvalue weighted by Gasteiger charge is -2.19. The highest BCUT2D eigenvalue weighted by Gasteiger charge is 2.29. The highest BCUT2D eigenvalue weighted by molar-refractivity contribution is 6.36. The Kier molecular flexibility index (Phi) is 6.05. The molecule has 1 aliphatic heterocycles. The quantitative estimate of drug-likeness (QED) is 0.446. The summed E-state index contributed by atoms with van der Waals surface area (Å²) < 4.78 is 5.13. The molecule has 0 atom stereocenters. The van der Waals surface area contributed by atoms with Crippen LogP contribution in [-0.2, 0) is 11.3 Å². The molecule has 0 aliphatic carbocycles. The van der Waals surface area contributed by atoms with Crippen LogP contribution in [0, 0.1) is 0 Å². The fourth-order valence-corrected chi connectivity index (χ4v) is 3.43. The van der Waals surface area contributed by atoms with E-state index in [1.165, 1.54) is 12.1 Å². The van der Waals surface area contributed by atoms with Crippen molar-refractivity contribution in [3.05, 3.63) is 99.6 Å². The number of anilines is 1. The van der Waals surface area contributed by atoms with Crippen LogP contribution in [0.5, 0.6) is 5.75 Å². The molecule has 0 aromatic heterocycles. The first-order valence-electron chi connectivity index (χ1n) is 9.83. The Morgan fingerprint density at radius 2 is 1.75 bits per heavy atom. The summed E-state index contributed by atoms with van der Waals surface area (Å²) in [5, 5.41) is 6.10. The first kappa shape index (κ1) is 21.3. The van der Waals surface area contributed by atoms with Crippen molar-refractivity contribution in [1.29, 1.82) is 0 Å². The van der Waals surface area contributed by atoms with Gasteiger partial charge < -0.3 is 15.4 Å². The summed E-state index contributed by atoms with van der Waals surface area (Å²) in [6.07, 6.45) is 1.51. The van der Waals surface area contributed by atoms with Gasteiger partial charge in [0.2, 0.25) is 5.78 Å². The number of amides is 2. The molecule has 160 valence electrons. The normalized spacial score (nSPS) is 14.0. The van der Waals surface area contributed by atoms with Crippen LogP contribution in [0.3, 0.4) is 0 Å². The highest BCUT2D eigenvalue weighted by atomic mass is 35.5. The van der Waals surface area contributed by atoms with Gasteiger partial charge in [-0.15, -0.1) is 0 Å². The molecule has 1 heterocycles.